The van der Waals surface area contributed by atoms with Gasteiger partial charge in [-0.2, -0.15) is 16.8 Å². The Balaban J connectivity index is 0.00000171. The Morgan fingerprint density at radius 1 is 0.548 bits per heavy atom. The topological polar surface area (TPSA) is 179 Å². The largest absolute Gasteiger partial charge is 0.344 e. The van der Waals surface area contributed by atoms with Crippen molar-refractivity contribution in [2.24, 2.45) is 0 Å². The van der Waals surface area contributed by atoms with Crippen LogP contribution in [0.15, 0.2) is 82.6 Å². The van der Waals surface area contributed by atoms with E-state index in [1.54, 1.807) is 60.7 Å². The van der Waals surface area contributed by atoms with Gasteiger partial charge in [0.15, 0.2) is 0 Å². The number of rotatable bonds is 4. The lowest BCUT2D eigenvalue weighted by molar-refractivity contribution is 0.482. The van der Waals surface area contributed by atoms with Gasteiger partial charge in [0.25, 0.3) is 20.2 Å². The van der Waals surface area contributed by atoms with Gasteiger partial charge in [-0.05, 0) is 21.9 Å². The van der Waals surface area contributed by atoms with Crippen molar-refractivity contribution in [2.45, 2.75) is 16.2 Å². The van der Waals surface area contributed by atoms with Gasteiger partial charge in [-0.3, -0.25) is 9.11 Å². The summed E-state index contributed by atoms with van der Waals surface area (Å²) >= 11 is 0. The quantitative estimate of drug-likeness (QED) is 0.322. The normalized spacial score (nSPS) is 11.7. The van der Waals surface area contributed by atoms with Crippen LogP contribution >= 0.6 is 0 Å². The zero-order valence-electron chi connectivity index (χ0n) is 16.4. The lowest BCUT2D eigenvalue weighted by Crippen LogP contribution is -2.08. The van der Waals surface area contributed by atoms with Crippen LogP contribution < -0.4 is 12.3 Å². The third kappa shape index (κ3) is 4.59. The maximum absolute atomic E-state index is 12.1. The van der Waals surface area contributed by atoms with Crippen LogP contribution in [0.2, 0.25) is 0 Å². The first-order valence-electron chi connectivity index (χ1n) is 8.62. The van der Waals surface area contributed by atoms with Crippen LogP contribution in [0, 0.1) is 0 Å². The van der Waals surface area contributed by atoms with E-state index < -0.39 is 20.2 Å². The van der Waals surface area contributed by atoms with Crippen LogP contribution in [-0.4, -0.2) is 25.9 Å². The molecule has 8 N–H and O–H groups in total. The minimum Gasteiger partial charge on any atom is -0.344 e. The number of hydrogen-bond donors (Lipinski definition) is 4. The van der Waals surface area contributed by atoms with E-state index in [4.69, 9.17) is 0 Å². The summed E-state index contributed by atoms with van der Waals surface area (Å²) in [6, 6.07) is 19.9. The second-order valence-corrected chi connectivity index (χ2v) is 9.39. The molecule has 4 rings (SSSR count). The molecule has 10 heteroatoms. The average molecular weight is 463 g/mol. The number of benzene rings is 4. The van der Waals surface area contributed by atoms with Crippen LogP contribution in [0.1, 0.15) is 11.1 Å². The van der Waals surface area contributed by atoms with E-state index >= 15 is 0 Å². The summed E-state index contributed by atoms with van der Waals surface area (Å²) in [5.74, 6) is 0. The Hall–Kier alpha value is -2.86. The molecular weight excluding hydrogens is 440 g/mol. The zero-order chi connectivity index (χ0) is 20.8. The van der Waals surface area contributed by atoms with Crippen LogP contribution in [-0.2, 0) is 26.7 Å². The summed E-state index contributed by atoms with van der Waals surface area (Å²) in [7, 11) is -9.17. The minimum atomic E-state index is -4.58. The molecule has 0 atom stereocenters. The molecule has 31 heavy (non-hydrogen) atoms. The summed E-state index contributed by atoms with van der Waals surface area (Å²) in [6.07, 6.45) is -0.111. The summed E-state index contributed by atoms with van der Waals surface area (Å²) in [6.45, 7) is 0. The first-order valence-corrected chi connectivity index (χ1v) is 11.5. The van der Waals surface area contributed by atoms with E-state index in [0.29, 0.717) is 21.5 Å². The van der Waals surface area contributed by atoms with Gasteiger partial charge in [0.2, 0.25) is 0 Å². The summed E-state index contributed by atoms with van der Waals surface area (Å²) in [5, 5.41) is 1.91. The van der Waals surface area contributed by atoms with E-state index in [0.717, 1.165) is 0 Å². The third-order valence-corrected chi connectivity index (χ3v) is 6.82. The highest BCUT2D eigenvalue weighted by Gasteiger charge is 2.23. The fourth-order valence-corrected chi connectivity index (χ4v) is 5.54. The summed E-state index contributed by atoms with van der Waals surface area (Å²) in [4.78, 5) is -0.546. The number of fused-ring (bicyclic) bond motifs is 2. The lowest BCUT2D eigenvalue weighted by atomic mass is 9.98. The third-order valence-electron chi connectivity index (χ3n) is 4.82. The molecule has 0 aromatic heterocycles. The van der Waals surface area contributed by atoms with Gasteiger partial charge < -0.3 is 12.3 Å². The molecule has 0 aliphatic carbocycles. The van der Waals surface area contributed by atoms with Crippen LogP contribution in [0.3, 0.4) is 0 Å². The molecule has 0 fully saturated rings. The Kier molecular flexibility index (Phi) is 6.86. The number of hydrogen-bond acceptors (Lipinski definition) is 6. The van der Waals surface area contributed by atoms with Crippen molar-refractivity contribution in [1.29, 1.82) is 0 Å². The molecule has 0 bridgehead atoms. The average Bonchev–Trinajstić information content (AvgIpc) is 2.65. The maximum Gasteiger partial charge on any atom is 0.295 e. The van der Waals surface area contributed by atoms with Crippen LogP contribution in [0.4, 0.5) is 0 Å². The fourth-order valence-electron chi connectivity index (χ4n) is 3.67. The molecule has 164 valence electrons. The predicted octanol–water partition coefficient (Wildman–Crippen LogP) is 4.40. The van der Waals surface area contributed by atoms with Gasteiger partial charge in [-0.15, -0.1) is 0 Å². The van der Waals surface area contributed by atoms with E-state index in [2.05, 4.69) is 0 Å². The smallest absolute Gasteiger partial charge is 0.295 e. The Morgan fingerprint density at radius 2 is 0.903 bits per heavy atom. The Morgan fingerprint density at radius 3 is 1.26 bits per heavy atom. The summed E-state index contributed by atoms with van der Waals surface area (Å²) in [5.41, 5.74) is 0.456. The summed E-state index contributed by atoms with van der Waals surface area (Å²) < 4.78 is 68.3. The van der Waals surface area contributed by atoms with Crippen molar-refractivity contribution in [3.05, 3.63) is 83.9 Å². The molecule has 0 heterocycles. The molecule has 0 amide bonds. The van der Waals surface area contributed by atoms with Crippen molar-refractivity contribution in [2.75, 3.05) is 0 Å². The molecule has 0 saturated heterocycles. The molecule has 0 aliphatic rings. The van der Waals surface area contributed by atoms with Crippen molar-refractivity contribution >= 4 is 41.8 Å². The zero-order valence-corrected chi connectivity index (χ0v) is 18.0. The van der Waals surface area contributed by atoms with Gasteiger partial charge in [0.1, 0.15) is 9.79 Å². The molecule has 8 nitrogen and oxygen atoms in total. The van der Waals surface area contributed by atoms with Crippen molar-refractivity contribution in [3.8, 4) is 0 Å². The standard InChI is InChI=1S/C21H16O6S2.2H3N/c22-28(23,24)20-16(11-9-14-5-1-3-7-18(14)20)13-17-12-10-15-6-2-4-8-19(15)21(17)29(25,26)27;;/h1-12H,13H2,(H,22,23,24)(H,25,26,27);2*1H3. The Bertz CT molecular complexity index is 1370. The van der Waals surface area contributed by atoms with E-state index in [-0.39, 0.29) is 39.6 Å². The molecule has 0 saturated carbocycles. The molecule has 4 aromatic rings. The van der Waals surface area contributed by atoms with Gasteiger partial charge in [-0.1, -0.05) is 72.8 Å². The minimum absolute atomic E-state index is 0. The van der Waals surface area contributed by atoms with Crippen LogP contribution in [0.5, 0.6) is 0 Å². The highest BCUT2D eigenvalue weighted by atomic mass is 32.2. The molecule has 0 radical (unpaired) electrons. The van der Waals surface area contributed by atoms with E-state index in [9.17, 15) is 25.9 Å². The van der Waals surface area contributed by atoms with Crippen molar-refractivity contribution in [3.63, 3.8) is 0 Å². The van der Waals surface area contributed by atoms with E-state index in [1.807, 2.05) is 0 Å². The SMILES string of the molecule is N.N.O=S(=O)(O)c1c(Cc2ccc3ccccc3c2S(=O)(=O)O)ccc2ccccc12. The van der Waals surface area contributed by atoms with Gasteiger partial charge in [-0.25, -0.2) is 0 Å². The fraction of sp³-hybridized carbons (Fsp3) is 0.0476. The maximum atomic E-state index is 12.1. The van der Waals surface area contributed by atoms with E-state index in [1.165, 1.54) is 12.1 Å². The Labute approximate surface area is 180 Å². The van der Waals surface area contributed by atoms with Crippen LogP contribution in [0.25, 0.3) is 21.5 Å². The molecule has 0 spiro atoms. The van der Waals surface area contributed by atoms with Crippen molar-refractivity contribution < 1.29 is 25.9 Å². The molecular formula is C21H22N2O6S2. The first kappa shape index (κ1) is 24.4. The molecule has 0 aliphatic heterocycles. The molecule has 0 unspecified atom stereocenters. The van der Waals surface area contributed by atoms with Gasteiger partial charge in [0.05, 0.1) is 0 Å². The first-order chi connectivity index (χ1) is 13.7. The second kappa shape index (κ2) is 8.71. The predicted molar refractivity (Wildman–Crippen MR) is 120 cm³/mol. The van der Waals surface area contributed by atoms with Gasteiger partial charge in [0, 0.05) is 17.2 Å². The van der Waals surface area contributed by atoms with Crippen molar-refractivity contribution in [1.82, 2.24) is 12.3 Å². The lowest BCUT2D eigenvalue weighted by Gasteiger charge is -2.14. The second-order valence-electron chi connectivity index (χ2n) is 6.68. The monoisotopic (exact) mass is 462 g/mol. The van der Waals surface area contributed by atoms with Gasteiger partial charge >= 0.3 is 0 Å². The highest BCUT2D eigenvalue weighted by molar-refractivity contribution is 7.86. The molecule has 4 aromatic carbocycles. The highest BCUT2D eigenvalue weighted by Crippen LogP contribution is 2.32.